The lowest BCUT2D eigenvalue weighted by Crippen LogP contribution is -2.42. The van der Waals surface area contributed by atoms with Crippen LogP contribution in [0.4, 0.5) is 5.69 Å². The highest BCUT2D eigenvalue weighted by Gasteiger charge is 2.23. The molecule has 1 aromatic rings. The summed E-state index contributed by atoms with van der Waals surface area (Å²) in [7, 11) is 0. The third-order valence-corrected chi connectivity index (χ3v) is 4.06. The van der Waals surface area contributed by atoms with E-state index in [0.29, 0.717) is 12.6 Å². The van der Waals surface area contributed by atoms with Gasteiger partial charge in [0.2, 0.25) is 5.91 Å². The highest BCUT2D eigenvalue weighted by atomic mass is 16.2. The Morgan fingerprint density at radius 2 is 2.24 bits per heavy atom. The highest BCUT2D eigenvalue weighted by Crippen LogP contribution is 2.16. The molecular weight excluding hydrogens is 262 g/mol. The van der Waals surface area contributed by atoms with E-state index in [-0.39, 0.29) is 5.91 Å². The first-order valence-electron chi connectivity index (χ1n) is 7.92. The van der Waals surface area contributed by atoms with Crippen LogP contribution in [0, 0.1) is 13.8 Å². The topological polar surface area (TPSA) is 44.4 Å². The molecule has 1 heterocycles. The monoisotopic (exact) mass is 289 g/mol. The van der Waals surface area contributed by atoms with Crippen molar-refractivity contribution in [3.05, 3.63) is 29.3 Å². The van der Waals surface area contributed by atoms with E-state index in [1.165, 1.54) is 5.56 Å². The standard InChI is InChI=1S/C17H27N3O/c1-4-9-20(15-7-8-18-11-15)12-17(21)19-16-6-5-13(2)10-14(16)3/h5-6,10,15,18H,4,7-9,11-12H2,1-3H3,(H,19,21). The molecule has 0 spiro atoms. The van der Waals surface area contributed by atoms with Crippen LogP contribution in [-0.2, 0) is 4.79 Å². The maximum absolute atomic E-state index is 12.3. The molecule has 4 nitrogen and oxygen atoms in total. The van der Waals surface area contributed by atoms with Gasteiger partial charge in [-0.2, -0.15) is 0 Å². The van der Waals surface area contributed by atoms with Crippen LogP contribution in [0.5, 0.6) is 0 Å². The number of hydrogen-bond acceptors (Lipinski definition) is 3. The minimum Gasteiger partial charge on any atom is -0.325 e. The van der Waals surface area contributed by atoms with Crippen LogP contribution >= 0.6 is 0 Å². The van der Waals surface area contributed by atoms with Gasteiger partial charge in [0, 0.05) is 18.3 Å². The predicted molar refractivity (Wildman–Crippen MR) is 87.7 cm³/mol. The Hall–Kier alpha value is -1.39. The number of amides is 1. The predicted octanol–water partition coefficient (Wildman–Crippen LogP) is 2.32. The summed E-state index contributed by atoms with van der Waals surface area (Å²) in [4.78, 5) is 14.6. The van der Waals surface area contributed by atoms with Crippen LogP contribution < -0.4 is 10.6 Å². The summed E-state index contributed by atoms with van der Waals surface area (Å²) in [5, 5.41) is 6.42. The van der Waals surface area contributed by atoms with Crippen molar-refractivity contribution in [3.8, 4) is 0 Å². The van der Waals surface area contributed by atoms with Crippen molar-refractivity contribution < 1.29 is 4.79 Å². The molecule has 1 atom stereocenters. The van der Waals surface area contributed by atoms with Crippen molar-refractivity contribution in [2.75, 3.05) is 31.5 Å². The molecule has 1 unspecified atom stereocenters. The Bertz CT molecular complexity index is 481. The van der Waals surface area contributed by atoms with Crippen LogP contribution in [0.1, 0.15) is 30.9 Å². The molecule has 1 aromatic carbocycles. The molecule has 4 heteroatoms. The molecule has 1 aliphatic heterocycles. The van der Waals surface area contributed by atoms with Gasteiger partial charge >= 0.3 is 0 Å². The third-order valence-electron chi connectivity index (χ3n) is 4.06. The molecule has 0 aromatic heterocycles. The summed E-state index contributed by atoms with van der Waals surface area (Å²) in [6.07, 6.45) is 2.21. The Balaban J connectivity index is 1.95. The van der Waals surface area contributed by atoms with E-state index in [0.717, 1.165) is 43.7 Å². The molecule has 1 fully saturated rings. The summed E-state index contributed by atoms with van der Waals surface area (Å²) < 4.78 is 0. The van der Waals surface area contributed by atoms with Crippen molar-refractivity contribution in [1.82, 2.24) is 10.2 Å². The lowest BCUT2D eigenvalue weighted by atomic mass is 10.1. The first-order valence-corrected chi connectivity index (χ1v) is 7.92. The van der Waals surface area contributed by atoms with E-state index in [1.807, 2.05) is 19.1 Å². The number of rotatable bonds is 6. The summed E-state index contributed by atoms with van der Waals surface area (Å²) in [6.45, 7) is 9.78. The van der Waals surface area contributed by atoms with Gasteiger partial charge in [-0.25, -0.2) is 0 Å². The van der Waals surface area contributed by atoms with Gasteiger partial charge in [0.05, 0.1) is 6.54 Å². The minimum absolute atomic E-state index is 0.0855. The van der Waals surface area contributed by atoms with Crippen LogP contribution in [0.25, 0.3) is 0 Å². The number of anilines is 1. The normalized spacial score (nSPS) is 18.2. The van der Waals surface area contributed by atoms with Gasteiger partial charge in [-0.3, -0.25) is 9.69 Å². The van der Waals surface area contributed by atoms with Crippen molar-refractivity contribution in [3.63, 3.8) is 0 Å². The first-order chi connectivity index (χ1) is 10.1. The van der Waals surface area contributed by atoms with E-state index in [2.05, 4.69) is 35.4 Å². The van der Waals surface area contributed by atoms with E-state index in [4.69, 9.17) is 0 Å². The first kappa shape index (κ1) is 16.0. The van der Waals surface area contributed by atoms with Crippen molar-refractivity contribution in [2.45, 2.75) is 39.7 Å². The lowest BCUT2D eigenvalue weighted by molar-refractivity contribution is -0.117. The average Bonchev–Trinajstić information content (AvgIpc) is 2.95. The Kier molecular flexibility index (Phi) is 5.76. The number of carbonyl (C=O) groups excluding carboxylic acids is 1. The maximum Gasteiger partial charge on any atom is 0.238 e. The number of nitrogens with zero attached hydrogens (tertiary/aromatic N) is 1. The molecule has 1 aliphatic rings. The van der Waals surface area contributed by atoms with Gasteiger partial charge in [-0.05, 0) is 51.4 Å². The van der Waals surface area contributed by atoms with Gasteiger partial charge in [-0.1, -0.05) is 24.6 Å². The summed E-state index contributed by atoms with van der Waals surface area (Å²) >= 11 is 0. The van der Waals surface area contributed by atoms with Gasteiger partial charge in [0.1, 0.15) is 0 Å². The Labute approximate surface area is 127 Å². The molecule has 0 bridgehead atoms. The molecule has 0 radical (unpaired) electrons. The van der Waals surface area contributed by atoms with Crippen LogP contribution in [0.2, 0.25) is 0 Å². The molecular formula is C17H27N3O. The molecule has 116 valence electrons. The lowest BCUT2D eigenvalue weighted by Gasteiger charge is -2.27. The van der Waals surface area contributed by atoms with E-state index >= 15 is 0 Å². The minimum atomic E-state index is 0.0855. The van der Waals surface area contributed by atoms with Gasteiger partial charge in [-0.15, -0.1) is 0 Å². The zero-order valence-electron chi connectivity index (χ0n) is 13.4. The largest absolute Gasteiger partial charge is 0.325 e. The van der Waals surface area contributed by atoms with Crippen LogP contribution in [0.3, 0.4) is 0 Å². The highest BCUT2D eigenvalue weighted by molar-refractivity contribution is 5.93. The fourth-order valence-electron chi connectivity index (χ4n) is 2.96. The molecule has 21 heavy (non-hydrogen) atoms. The molecule has 1 saturated heterocycles. The molecule has 2 N–H and O–H groups in total. The fraction of sp³-hybridized carbons (Fsp3) is 0.588. The van der Waals surface area contributed by atoms with Crippen molar-refractivity contribution in [2.24, 2.45) is 0 Å². The maximum atomic E-state index is 12.3. The van der Waals surface area contributed by atoms with Crippen molar-refractivity contribution in [1.29, 1.82) is 0 Å². The van der Waals surface area contributed by atoms with Gasteiger partial charge < -0.3 is 10.6 Å². The molecule has 2 rings (SSSR count). The number of nitrogens with one attached hydrogen (secondary N) is 2. The second kappa shape index (κ2) is 7.57. The van der Waals surface area contributed by atoms with Crippen molar-refractivity contribution >= 4 is 11.6 Å². The zero-order chi connectivity index (χ0) is 15.2. The Morgan fingerprint density at radius 1 is 1.43 bits per heavy atom. The van der Waals surface area contributed by atoms with E-state index in [1.54, 1.807) is 0 Å². The average molecular weight is 289 g/mol. The molecule has 0 saturated carbocycles. The van der Waals surface area contributed by atoms with Crippen LogP contribution in [0.15, 0.2) is 18.2 Å². The Morgan fingerprint density at radius 3 is 2.86 bits per heavy atom. The number of benzene rings is 1. The number of carbonyl (C=O) groups is 1. The summed E-state index contributed by atoms with van der Waals surface area (Å²) in [6, 6.07) is 6.62. The molecule has 1 amide bonds. The quantitative estimate of drug-likeness (QED) is 0.845. The summed E-state index contributed by atoms with van der Waals surface area (Å²) in [5.41, 5.74) is 3.26. The van der Waals surface area contributed by atoms with Gasteiger partial charge in [0.25, 0.3) is 0 Å². The van der Waals surface area contributed by atoms with Gasteiger partial charge in [0.15, 0.2) is 0 Å². The van der Waals surface area contributed by atoms with E-state index in [9.17, 15) is 4.79 Å². The second-order valence-corrected chi connectivity index (χ2v) is 5.98. The van der Waals surface area contributed by atoms with E-state index < -0.39 is 0 Å². The number of aryl methyl sites for hydroxylation is 2. The zero-order valence-corrected chi connectivity index (χ0v) is 13.4. The molecule has 0 aliphatic carbocycles. The third kappa shape index (κ3) is 4.55. The summed E-state index contributed by atoms with van der Waals surface area (Å²) in [5.74, 6) is 0.0855. The smallest absolute Gasteiger partial charge is 0.238 e. The fourth-order valence-corrected chi connectivity index (χ4v) is 2.96. The number of hydrogen-bond donors (Lipinski definition) is 2. The second-order valence-electron chi connectivity index (χ2n) is 5.98. The van der Waals surface area contributed by atoms with Crippen LogP contribution in [-0.4, -0.2) is 43.0 Å². The SMILES string of the molecule is CCCN(CC(=O)Nc1ccc(C)cc1C)C1CCNC1.